The van der Waals surface area contributed by atoms with E-state index < -0.39 is 0 Å². The Morgan fingerprint density at radius 3 is 2.67 bits per heavy atom. The van der Waals surface area contributed by atoms with Crippen molar-refractivity contribution >= 4 is 21.8 Å². The summed E-state index contributed by atoms with van der Waals surface area (Å²) in [5.41, 5.74) is 0.679. The fraction of sp³-hybridized carbons (Fsp3) is 0.364. The minimum absolute atomic E-state index is 0.0574. The molecule has 4 heteroatoms. The van der Waals surface area contributed by atoms with Gasteiger partial charge in [-0.25, -0.2) is 0 Å². The highest BCUT2D eigenvalue weighted by atomic mass is 79.9. The molecule has 1 aromatic rings. The van der Waals surface area contributed by atoms with Crippen LogP contribution in [0.15, 0.2) is 30.3 Å². The summed E-state index contributed by atoms with van der Waals surface area (Å²) in [6, 6.07) is 9.14. The smallest absolute Gasteiger partial charge is 0.251 e. The molecular weight excluding hydrogens is 258 g/mol. The molecule has 0 fully saturated rings. The number of ether oxygens (including phenoxy) is 1. The zero-order valence-corrected chi connectivity index (χ0v) is 10.00. The van der Waals surface area contributed by atoms with Crippen LogP contribution in [0.4, 0.5) is 0 Å². The average molecular weight is 272 g/mol. The van der Waals surface area contributed by atoms with Gasteiger partial charge < -0.3 is 10.1 Å². The Hall–Kier alpha value is -0.870. The van der Waals surface area contributed by atoms with E-state index in [4.69, 9.17) is 4.74 Å². The molecule has 1 aromatic carbocycles. The van der Waals surface area contributed by atoms with E-state index in [1.54, 1.807) is 12.1 Å². The summed E-state index contributed by atoms with van der Waals surface area (Å²) in [6.07, 6.45) is 0. The van der Waals surface area contributed by atoms with Crippen molar-refractivity contribution in [2.45, 2.75) is 0 Å². The Balaban J connectivity index is 2.20. The van der Waals surface area contributed by atoms with E-state index >= 15 is 0 Å². The van der Waals surface area contributed by atoms with Crippen LogP contribution < -0.4 is 5.32 Å². The summed E-state index contributed by atoms with van der Waals surface area (Å²) in [4.78, 5) is 11.5. The summed E-state index contributed by atoms with van der Waals surface area (Å²) >= 11 is 3.25. The lowest BCUT2D eigenvalue weighted by molar-refractivity contribution is 0.0924. The summed E-state index contributed by atoms with van der Waals surface area (Å²) in [5, 5.41) is 3.60. The summed E-state index contributed by atoms with van der Waals surface area (Å²) < 4.78 is 5.21. The molecule has 0 aromatic heterocycles. The van der Waals surface area contributed by atoms with Crippen molar-refractivity contribution in [2.75, 3.05) is 25.1 Å². The summed E-state index contributed by atoms with van der Waals surface area (Å²) in [5.74, 6) is -0.0574. The zero-order valence-electron chi connectivity index (χ0n) is 8.41. The number of hydrogen-bond acceptors (Lipinski definition) is 2. The molecule has 1 amide bonds. The van der Waals surface area contributed by atoms with Gasteiger partial charge in [0.15, 0.2) is 0 Å². The highest BCUT2D eigenvalue weighted by molar-refractivity contribution is 9.09. The molecule has 15 heavy (non-hydrogen) atoms. The third-order valence-electron chi connectivity index (χ3n) is 1.79. The zero-order chi connectivity index (χ0) is 10.9. The molecule has 3 nitrogen and oxygen atoms in total. The monoisotopic (exact) mass is 271 g/mol. The van der Waals surface area contributed by atoms with E-state index in [0.29, 0.717) is 25.3 Å². The van der Waals surface area contributed by atoms with Crippen LogP contribution >= 0.6 is 15.9 Å². The molecule has 82 valence electrons. The van der Waals surface area contributed by atoms with E-state index in [1.165, 1.54) is 0 Å². The first-order valence-corrected chi connectivity index (χ1v) is 5.93. The SMILES string of the molecule is O=C(NCCOCCBr)c1ccccc1. The lowest BCUT2D eigenvalue weighted by atomic mass is 10.2. The van der Waals surface area contributed by atoms with E-state index in [2.05, 4.69) is 21.2 Å². The third kappa shape index (κ3) is 4.95. The first-order valence-electron chi connectivity index (χ1n) is 4.81. The van der Waals surface area contributed by atoms with Gasteiger partial charge in [0.2, 0.25) is 0 Å². The maximum Gasteiger partial charge on any atom is 0.251 e. The van der Waals surface area contributed by atoms with E-state index in [0.717, 1.165) is 5.33 Å². The van der Waals surface area contributed by atoms with E-state index in [-0.39, 0.29) is 5.91 Å². The molecule has 0 aliphatic rings. The number of halogens is 1. The number of carbonyl (C=O) groups is 1. The molecular formula is C11H14BrNO2. The number of hydrogen-bond donors (Lipinski definition) is 1. The molecule has 0 radical (unpaired) electrons. The van der Waals surface area contributed by atoms with Gasteiger partial charge in [-0.1, -0.05) is 34.1 Å². The molecule has 1 rings (SSSR count). The van der Waals surface area contributed by atoms with Gasteiger partial charge in [-0.2, -0.15) is 0 Å². The van der Waals surface area contributed by atoms with Crippen molar-refractivity contribution in [3.8, 4) is 0 Å². The number of carbonyl (C=O) groups excluding carboxylic acids is 1. The van der Waals surface area contributed by atoms with E-state index in [1.807, 2.05) is 18.2 Å². The van der Waals surface area contributed by atoms with Crippen LogP contribution in [0.2, 0.25) is 0 Å². The second-order valence-corrected chi connectivity index (χ2v) is 3.72. The van der Waals surface area contributed by atoms with Crippen LogP contribution in [0.3, 0.4) is 0 Å². The Kier molecular flexibility index (Phi) is 6.04. The van der Waals surface area contributed by atoms with E-state index in [9.17, 15) is 4.79 Å². The lowest BCUT2D eigenvalue weighted by Gasteiger charge is -2.05. The summed E-state index contributed by atoms with van der Waals surface area (Å²) in [7, 11) is 0. The molecule has 0 saturated heterocycles. The van der Waals surface area contributed by atoms with Gasteiger partial charge in [0.05, 0.1) is 13.2 Å². The van der Waals surface area contributed by atoms with Gasteiger partial charge in [0.1, 0.15) is 0 Å². The second-order valence-electron chi connectivity index (χ2n) is 2.92. The number of nitrogens with one attached hydrogen (secondary N) is 1. The molecule has 1 N–H and O–H groups in total. The van der Waals surface area contributed by atoms with Crippen LogP contribution in [0.5, 0.6) is 0 Å². The molecule has 0 heterocycles. The van der Waals surface area contributed by atoms with Crippen molar-refractivity contribution in [1.29, 1.82) is 0 Å². The highest BCUT2D eigenvalue weighted by Gasteiger charge is 2.02. The van der Waals surface area contributed by atoms with Crippen molar-refractivity contribution in [2.24, 2.45) is 0 Å². The fourth-order valence-electron chi connectivity index (χ4n) is 1.08. The predicted molar refractivity (Wildman–Crippen MR) is 63.4 cm³/mol. The highest BCUT2D eigenvalue weighted by Crippen LogP contribution is 1.97. The number of rotatable bonds is 6. The van der Waals surface area contributed by atoms with Crippen molar-refractivity contribution in [3.05, 3.63) is 35.9 Å². The minimum atomic E-state index is -0.0574. The van der Waals surface area contributed by atoms with Crippen molar-refractivity contribution in [3.63, 3.8) is 0 Å². The second kappa shape index (κ2) is 7.43. The Bertz CT molecular complexity index is 290. The topological polar surface area (TPSA) is 38.3 Å². The first-order chi connectivity index (χ1) is 7.34. The lowest BCUT2D eigenvalue weighted by Crippen LogP contribution is -2.27. The number of amides is 1. The number of benzene rings is 1. The Morgan fingerprint density at radius 1 is 1.27 bits per heavy atom. The van der Waals surface area contributed by atoms with Crippen LogP contribution in [0.1, 0.15) is 10.4 Å². The maximum absolute atomic E-state index is 11.5. The minimum Gasteiger partial charge on any atom is -0.379 e. The molecule has 0 aliphatic heterocycles. The Morgan fingerprint density at radius 2 is 2.00 bits per heavy atom. The van der Waals surface area contributed by atoms with Gasteiger partial charge in [-0.15, -0.1) is 0 Å². The van der Waals surface area contributed by atoms with Crippen LogP contribution in [0.25, 0.3) is 0 Å². The average Bonchev–Trinajstić information content (AvgIpc) is 2.30. The maximum atomic E-state index is 11.5. The molecule has 0 aliphatic carbocycles. The normalized spacial score (nSPS) is 9.93. The van der Waals surface area contributed by atoms with Gasteiger partial charge in [0, 0.05) is 17.4 Å². The summed E-state index contributed by atoms with van der Waals surface area (Å²) in [6.45, 7) is 1.76. The van der Waals surface area contributed by atoms with Crippen LogP contribution in [0, 0.1) is 0 Å². The molecule has 0 spiro atoms. The molecule has 0 unspecified atom stereocenters. The first kappa shape index (κ1) is 12.2. The van der Waals surface area contributed by atoms with Gasteiger partial charge in [-0.05, 0) is 12.1 Å². The fourth-order valence-corrected chi connectivity index (χ4v) is 1.31. The molecule has 0 bridgehead atoms. The van der Waals surface area contributed by atoms with Crippen molar-refractivity contribution in [1.82, 2.24) is 5.32 Å². The largest absolute Gasteiger partial charge is 0.379 e. The van der Waals surface area contributed by atoms with Crippen molar-refractivity contribution < 1.29 is 9.53 Å². The predicted octanol–water partition coefficient (Wildman–Crippen LogP) is 1.83. The van der Waals surface area contributed by atoms with Crippen LogP contribution in [-0.4, -0.2) is 31.0 Å². The van der Waals surface area contributed by atoms with Gasteiger partial charge in [0.25, 0.3) is 5.91 Å². The van der Waals surface area contributed by atoms with Gasteiger partial charge >= 0.3 is 0 Å². The Labute approximate surface area is 97.9 Å². The molecule has 0 atom stereocenters. The third-order valence-corrected chi connectivity index (χ3v) is 2.11. The quantitative estimate of drug-likeness (QED) is 0.633. The standard InChI is InChI=1S/C11H14BrNO2/c12-6-8-15-9-7-13-11(14)10-4-2-1-3-5-10/h1-5H,6-9H2,(H,13,14). The number of alkyl halides is 1. The molecule has 0 saturated carbocycles. The van der Waals surface area contributed by atoms with Crippen LogP contribution in [-0.2, 0) is 4.74 Å². The van der Waals surface area contributed by atoms with Gasteiger partial charge in [-0.3, -0.25) is 4.79 Å².